The Bertz CT molecular complexity index is 548. The molecule has 130 valence electrons. The molecule has 0 spiro atoms. The van der Waals surface area contributed by atoms with Gasteiger partial charge in [0.25, 0.3) is 0 Å². The Morgan fingerprint density at radius 1 is 1.13 bits per heavy atom. The zero-order chi connectivity index (χ0) is 16.5. The van der Waals surface area contributed by atoms with Gasteiger partial charge in [0.2, 0.25) is 10.0 Å². The van der Waals surface area contributed by atoms with Gasteiger partial charge in [-0.25, -0.2) is 13.1 Å². The van der Waals surface area contributed by atoms with Crippen LogP contribution < -0.4 is 4.72 Å². The average molecular weight is 340 g/mol. The van der Waals surface area contributed by atoms with Crippen molar-refractivity contribution in [3.8, 4) is 0 Å². The molecule has 23 heavy (non-hydrogen) atoms. The Morgan fingerprint density at radius 3 is 2.48 bits per heavy atom. The molecule has 0 bridgehead atoms. The number of sulfonamides is 1. The van der Waals surface area contributed by atoms with Crippen LogP contribution in [0.4, 0.5) is 0 Å². The highest BCUT2D eigenvalue weighted by Gasteiger charge is 2.15. The van der Waals surface area contributed by atoms with Crippen molar-refractivity contribution in [3.05, 3.63) is 29.8 Å². The fourth-order valence-corrected chi connectivity index (χ4v) is 4.04. The van der Waals surface area contributed by atoms with E-state index in [0.29, 0.717) is 30.6 Å². The maximum atomic E-state index is 12.2. The number of aryl methyl sites for hydroxylation is 1. The molecule has 1 saturated carbocycles. The third-order valence-electron chi connectivity index (χ3n) is 4.29. The number of hydrogen-bond acceptors (Lipinski definition) is 3. The molecule has 0 heterocycles. The molecule has 0 atom stereocenters. The summed E-state index contributed by atoms with van der Waals surface area (Å²) in [6, 6.07) is 7.16. The van der Waals surface area contributed by atoms with E-state index in [1.54, 1.807) is 12.1 Å². The van der Waals surface area contributed by atoms with Crippen LogP contribution in [0, 0.1) is 0 Å². The van der Waals surface area contributed by atoms with Gasteiger partial charge in [-0.1, -0.05) is 44.7 Å². The molecule has 1 aliphatic rings. The van der Waals surface area contributed by atoms with E-state index in [2.05, 4.69) is 11.6 Å². The van der Waals surface area contributed by atoms with Crippen molar-refractivity contribution in [1.82, 2.24) is 4.72 Å². The summed E-state index contributed by atoms with van der Waals surface area (Å²) in [6.45, 7) is 3.16. The van der Waals surface area contributed by atoms with Gasteiger partial charge in [-0.2, -0.15) is 0 Å². The Labute approximate surface area is 140 Å². The van der Waals surface area contributed by atoms with Gasteiger partial charge in [-0.3, -0.25) is 0 Å². The van der Waals surface area contributed by atoms with E-state index in [1.165, 1.54) is 24.8 Å². The van der Waals surface area contributed by atoms with E-state index >= 15 is 0 Å². The monoisotopic (exact) mass is 339 g/mol. The normalized spacial score (nSPS) is 16.6. The first-order valence-corrected chi connectivity index (χ1v) is 10.3. The predicted molar refractivity (Wildman–Crippen MR) is 93.1 cm³/mol. The highest BCUT2D eigenvalue weighted by atomic mass is 32.2. The Kier molecular flexibility index (Phi) is 7.53. The smallest absolute Gasteiger partial charge is 0.240 e. The van der Waals surface area contributed by atoms with Gasteiger partial charge < -0.3 is 4.74 Å². The van der Waals surface area contributed by atoms with Gasteiger partial charge in [0.05, 0.1) is 11.0 Å². The van der Waals surface area contributed by atoms with Crippen LogP contribution in [0.15, 0.2) is 29.2 Å². The lowest BCUT2D eigenvalue weighted by Gasteiger charge is -2.21. The topological polar surface area (TPSA) is 55.4 Å². The predicted octanol–water partition coefficient (Wildman–Crippen LogP) is 3.66. The molecule has 0 amide bonds. The number of rotatable bonds is 9. The van der Waals surface area contributed by atoms with E-state index in [4.69, 9.17) is 4.74 Å². The van der Waals surface area contributed by atoms with Gasteiger partial charge >= 0.3 is 0 Å². The van der Waals surface area contributed by atoms with Crippen LogP contribution in [0.25, 0.3) is 0 Å². The van der Waals surface area contributed by atoms with Gasteiger partial charge in [0, 0.05) is 13.2 Å². The van der Waals surface area contributed by atoms with Crippen molar-refractivity contribution in [2.24, 2.45) is 0 Å². The Balaban J connectivity index is 1.70. The lowest BCUT2D eigenvalue weighted by molar-refractivity contribution is 0.0278. The largest absolute Gasteiger partial charge is 0.378 e. The van der Waals surface area contributed by atoms with Crippen LogP contribution in [-0.4, -0.2) is 27.7 Å². The summed E-state index contributed by atoms with van der Waals surface area (Å²) in [5, 5.41) is 0. The molecule has 1 aliphatic carbocycles. The molecule has 1 aromatic rings. The third-order valence-corrected chi connectivity index (χ3v) is 5.77. The fraction of sp³-hybridized carbons (Fsp3) is 0.667. The first-order chi connectivity index (χ1) is 11.1. The molecule has 0 saturated heterocycles. The molecule has 0 aromatic heterocycles. The van der Waals surface area contributed by atoms with Crippen LogP contribution in [0.2, 0.25) is 0 Å². The maximum absolute atomic E-state index is 12.2. The fourth-order valence-electron chi connectivity index (χ4n) is 2.97. The zero-order valence-corrected chi connectivity index (χ0v) is 14.9. The van der Waals surface area contributed by atoms with E-state index in [9.17, 15) is 8.42 Å². The molecule has 1 fully saturated rings. The zero-order valence-electron chi connectivity index (χ0n) is 14.1. The Morgan fingerprint density at radius 2 is 1.83 bits per heavy atom. The van der Waals surface area contributed by atoms with Gasteiger partial charge in [-0.15, -0.1) is 0 Å². The number of ether oxygens (including phenoxy) is 1. The SMILES string of the molecule is CCCc1ccc(S(=O)(=O)NCCCOC2CCCCC2)cc1. The minimum atomic E-state index is -3.40. The van der Waals surface area contributed by atoms with E-state index < -0.39 is 10.0 Å². The van der Waals surface area contributed by atoms with Crippen LogP contribution in [0.5, 0.6) is 0 Å². The van der Waals surface area contributed by atoms with Crippen molar-refractivity contribution in [3.63, 3.8) is 0 Å². The first kappa shape index (κ1) is 18.4. The second kappa shape index (κ2) is 9.40. The molecular formula is C18H29NO3S. The van der Waals surface area contributed by atoms with Crippen molar-refractivity contribution in [1.29, 1.82) is 0 Å². The first-order valence-electron chi connectivity index (χ1n) is 8.82. The van der Waals surface area contributed by atoms with Gasteiger partial charge in [0.15, 0.2) is 0 Å². The second-order valence-corrected chi connectivity index (χ2v) is 8.04. The van der Waals surface area contributed by atoms with Crippen LogP contribution in [0.3, 0.4) is 0 Å². The summed E-state index contributed by atoms with van der Waals surface area (Å²) in [7, 11) is -3.40. The lowest BCUT2D eigenvalue weighted by Crippen LogP contribution is -2.26. The van der Waals surface area contributed by atoms with E-state index in [1.807, 2.05) is 12.1 Å². The molecule has 0 aliphatic heterocycles. The minimum Gasteiger partial charge on any atom is -0.378 e. The number of benzene rings is 1. The summed E-state index contributed by atoms with van der Waals surface area (Å²) >= 11 is 0. The second-order valence-electron chi connectivity index (χ2n) is 6.28. The summed E-state index contributed by atoms with van der Waals surface area (Å²) in [5.74, 6) is 0. The van der Waals surface area contributed by atoms with Gasteiger partial charge in [-0.05, 0) is 43.4 Å². The standard InChI is InChI=1S/C18H29NO3S/c1-2-7-16-10-12-18(13-11-16)23(20,21)19-14-6-15-22-17-8-4-3-5-9-17/h10-13,17,19H,2-9,14-15H2,1H3. The summed E-state index contributed by atoms with van der Waals surface area (Å²) < 4.78 is 32.9. The molecule has 0 unspecified atom stereocenters. The molecule has 1 N–H and O–H groups in total. The maximum Gasteiger partial charge on any atom is 0.240 e. The molecule has 1 aromatic carbocycles. The lowest BCUT2D eigenvalue weighted by atomic mass is 9.98. The number of nitrogens with one attached hydrogen (secondary N) is 1. The van der Waals surface area contributed by atoms with Crippen molar-refractivity contribution >= 4 is 10.0 Å². The van der Waals surface area contributed by atoms with Crippen molar-refractivity contribution < 1.29 is 13.2 Å². The Hall–Kier alpha value is -0.910. The van der Waals surface area contributed by atoms with Crippen molar-refractivity contribution in [2.75, 3.05) is 13.2 Å². The summed E-state index contributed by atoms with van der Waals surface area (Å²) in [4.78, 5) is 0.338. The molecular weight excluding hydrogens is 310 g/mol. The van der Waals surface area contributed by atoms with Crippen molar-refractivity contribution in [2.45, 2.75) is 69.3 Å². The molecule has 4 nitrogen and oxygen atoms in total. The number of hydrogen-bond donors (Lipinski definition) is 1. The van der Waals surface area contributed by atoms with E-state index in [-0.39, 0.29) is 0 Å². The minimum absolute atomic E-state index is 0.338. The highest BCUT2D eigenvalue weighted by molar-refractivity contribution is 7.89. The van der Waals surface area contributed by atoms with Crippen LogP contribution >= 0.6 is 0 Å². The van der Waals surface area contributed by atoms with Crippen LogP contribution in [-0.2, 0) is 21.2 Å². The van der Waals surface area contributed by atoms with Gasteiger partial charge in [0.1, 0.15) is 0 Å². The molecule has 5 heteroatoms. The van der Waals surface area contributed by atoms with E-state index in [0.717, 1.165) is 25.7 Å². The quantitative estimate of drug-likeness (QED) is 0.699. The third kappa shape index (κ3) is 6.24. The molecule has 0 radical (unpaired) electrons. The van der Waals surface area contributed by atoms with Crippen LogP contribution in [0.1, 0.15) is 57.4 Å². The highest BCUT2D eigenvalue weighted by Crippen LogP contribution is 2.20. The molecule has 2 rings (SSSR count). The average Bonchev–Trinajstić information content (AvgIpc) is 2.56. The summed E-state index contributed by atoms with van der Waals surface area (Å²) in [5.41, 5.74) is 1.17. The summed E-state index contributed by atoms with van der Waals surface area (Å²) in [6.07, 6.45) is 9.26.